The summed E-state index contributed by atoms with van der Waals surface area (Å²) in [6.07, 6.45) is 3.66. The van der Waals surface area contributed by atoms with Gasteiger partial charge in [0.1, 0.15) is 0 Å². The monoisotopic (exact) mass is 254 g/mol. The van der Waals surface area contributed by atoms with Gasteiger partial charge in [-0.3, -0.25) is 4.90 Å². The molecule has 1 aromatic rings. The van der Waals surface area contributed by atoms with Gasteiger partial charge in [0, 0.05) is 30.6 Å². The zero-order chi connectivity index (χ0) is 12.3. The van der Waals surface area contributed by atoms with Gasteiger partial charge in [0.15, 0.2) is 0 Å². The molecule has 0 bridgehead atoms. The van der Waals surface area contributed by atoms with Crippen LogP contribution in [0.5, 0.6) is 0 Å². The van der Waals surface area contributed by atoms with Crippen LogP contribution in [0.2, 0.25) is 0 Å². The lowest BCUT2D eigenvalue weighted by Gasteiger charge is -2.52. The van der Waals surface area contributed by atoms with E-state index < -0.39 is 0 Å². The quantitative estimate of drug-likeness (QED) is 0.840. The zero-order valence-electron chi connectivity index (χ0n) is 10.7. The molecule has 2 N–H and O–H groups in total. The Morgan fingerprint density at radius 1 is 1.59 bits per heavy atom. The lowest BCUT2D eigenvalue weighted by molar-refractivity contribution is -0.0777. The predicted molar refractivity (Wildman–Crippen MR) is 72.5 cm³/mol. The largest absolute Gasteiger partial charge is 0.381 e. The number of hydrogen-bond donors (Lipinski definition) is 1. The summed E-state index contributed by atoms with van der Waals surface area (Å²) in [5, 5.41) is 2.14. The third kappa shape index (κ3) is 2.71. The van der Waals surface area contributed by atoms with E-state index in [1.165, 1.54) is 4.88 Å². The normalized spacial score (nSPS) is 28.4. The van der Waals surface area contributed by atoms with Crippen molar-refractivity contribution in [1.82, 2.24) is 4.90 Å². The molecule has 96 valence electrons. The van der Waals surface area contributed by atoms with Crippen molar-refractivity contribution in [3.05, 3.63) is 22.4 Å². The Hall–Kier alpha value is -0.420. The third-order valence-corrected chi connectivity index (χ3v) is 4.95. The summed E-state index contributed by atoms with van der Waals surface area (Å²) >= 11 is 1.83. The molecule has 0 radical (unpaired) electrons. The fourth-order valence-electron chi connectivity index (χ4n) is 2.56. The second-order valence-corrected chi connectivity index (χ2v) is 5.98. The molecule has 0 spiro atoms. The van der Waals surface area contributed by atoms with Gasteiger partial charge in [0.05, 0.1) is 6.10 Å². The number of methoxy groups -OCH3 is 1. The Kier molecular flexibility index (Phi) is 4.20. The predicted octanol–water partition coefficient (Wildman–Crippen LogP) is 1.73. The Balaban J connectivity index is 1.84. The van der Waals surface area contributed by atoms with Gasteiger partial charge in [-0.1, -0.05) is 6.07 Å². The maximum atomic E-state index is 5.94. The van der Waals surface area contributed by atoms with Crippen LogP contribution in [-0.4, -0.2) is 43.8 Å². The van der Waals surface area contributed by atoms with Gasteiger partial charge in [-0.25, -0.2) is 0 Å². The van der Waals surface area contributed by atoms with Crippen LogP contribution < -0.4 is 5.73 Å². The van der Waals surface area contributed by atoms with E-state index in [0.29, 0.717) is 6.10 Å². The number of rotatable bonds is 6. The number of ether oxygens (including phenoxy) is 1. The van der Waals surface area contributed by atoms with Crippen molar-refractivity contribution in [1.29, 1.82) is 0 Å². The molecule has 1 heterocycles. The smallest absolute Gasteiger partial charge is 0.0607 e. The minimum Gasteiger partial charge on any atom is -0.381 e. The minimum atomic E-state index is 0.179. The van der Waals surface area contributed by atoms with E-state index in [4.69, 9.17) is 10.5 Å². The summed E-state index contributed by atoms with van der Waals surface area (Å²) in [4.78, 5) is 3.87. The first-order chi connectivity index (χ1) is 8.20. The molecule has 0 aromatic carbocycles. The number of nitrogens with zero attached hydrogens (tertiary/aromatic N) is 1. The summed E-state index contributed by atoms with van der Waals surface area (Å²) in [6, 6.07) is 4.31. The first-order valence-electron chi connectivity index (χ1n) is 6.17. The highest BCUT2D eigenvalue weighted by molar-refractivity contribution is 7.09. The minimum absolute atomic E-state index is 0.179. The molecular formula is C13H22N2OS. The van der Waals surface area contributed by atoms with Crippen molar-refractivity contribution in [2.75, 3.05) is 27.2 Å². The van der Waals surface area contributed by atoms with Gasteiger partial charge in [0.2, 0.25) is 0 Å². The van der Waals surface area contributed by atoms with Crippen molar-refractivity contribution in [2.45, 2.75) is 30.9 Å². The highest BCUT2D eigenvalue weighted by Gasteiger charge is 2.46. The van der Waals surface area contributed by atoms with Crippen molar-refractivity contribution < 1.29 is 4.74 Å². The first-order valence-corrected chi connectivity index (χ1v) is 7.04. The molecule has 0 saturated heterocycles. The van der Waals surface area contributed by atoms with Crippen LogP contribution in [0.1, 0.15) is 17.7 Å². The second-order valence-electron chi connectivity index (χ2n) is 4.95. The zero-order valence-corrected chi connectivity index (χ0v) is 11.5. The molecule has 1 aliphatic carbocycles. The Morgan fingerprint density at radius 2 is 2.35 bits per heavy atom. The molecule has 2 rings (SSSR count). The SMILES string of the molecule is COC1CC(CN)(N(C)CCc2cccs2)C1. The van der Waals surface area contributed by atoms with E-state index in [1.54, 1.807) is 7.11 Å². The van der Waals surface area contributed by atoms with E-state index in [1.807, 2.05) is 11.3 Å². The van der Waals surface area contributed by atoms with Crippen LogP contribution in [0.25, 0.3) is 0 Å². The molecule has 0 unspecified atom stereocenters. The molecule has 17 heavy (non-hydrogen) atoms. The molecule has 1 saturated carbocycles. The van der Waals surface area contributed by atoms with E-state index in [9.17, 15) is 0 Å². The highest BCUT2D eigenvalue weighted by atomic mass is 32.1. The fourth-order valence-corrected chi connectivity index (χ4v) is 3.26. The van der Waals surface area contributed by atoms with E-state index in [2.05, 4.69) is 29.5 Å². The number of likely N-dealkylation sites (N-methyl/N-ethyl adjacent to an activating group) is 1. The van der Waals surface area contributed by atoms with Crippen LogP contribution in [0.4, 0.5) is 0 Å². The molecule has 1 aliphatic rings. The number of hydrogen-bond acceptors (Lipinski definition) is 4. The van der Waals surface area contributed by atoms with E-state index >= 15 is 0 Å². The molecular weight excluding hydrogens is 232 g/mol. The molecule has 0 aliphatic heterocycles. The van der Waals surface area contributed by atoms with Gasteiger partial charge in [0.25, 0.3) is 0 Å². The summed E-state index contributed by atoms with van der Waals surface area (Å²) in [5.74, 6) is 0. The summed E-state index contributed by atoms with van der Waals surface area (Å²) < 4.78 is 5.36. The van der Waals surface area contributed by atoms with Crippen molar-refractivity contribution in [3.63, 3.8) is 0 Å². The maximum Gasteiger partial charge on any atom is 0.0607 e. The number of nitrogens with two attached hydrogens (primary N) is 1. The van der Waals surface area contributed by atoms with Gasteiger partial charge >= 0.3 is 0 Å². The maximum absolute atomic E-state index is 5.94. The van der Waals surface area contributed by atoms with Gasteiger partial charge < -0.3 is 10.5 Å². The topological polar surface area (TPSA) is 38.5 Å². The van der Waals surface area contributed by atoms with E-state index in [-0.39, 0.29) is 5.54 Å². The Labute approximate surface area is 108 Å². The summed E-state index contributed by atoms with van der Waals surface area (Å²) in [5.41, 5.74) is 6.12. The Morgan fingerprint density at radius 3 is 2.88 bits per heavy atom. The van der Waals surface area contributed by atoms with Crippen LogP contribution in [-0.2, 0) is 11.2 Å². The van der Waals surface area contributed by atoms with Crippen molar-refractivity contribution in [3.8, 4) is 0 Å². The molecule has 0 atom stereocenters. The van der Waals surface area contributed by atoms with E-state index in [0.717, 1.165) is 32.4 Å². The summed E-state index contributed by atoms with van der Waals surface area (Å²) in [6.45, 7) is 1.81. The van der Waals surface area contributed by atoms with Gasteiger partial charge in [-0.2, -0.15) is 0 Å². The Bertz CT molecular complexity index is 333. The average molecular weight is 254 g/mol. The summed E-state index contributed by atoms with van der Waals surface area (Å²) in [7, 11) is 3.98. The van der Waals surface area contributed by atoms with Gasteiger partial charge in [-0.05, 0) is 37.8 Å². The van der Waals surface area contributed by atoms with Crippen molar-refractivity contribution >= 4 is 11.3 Å². The molecule has 4 heteroatoms. The highest BCUT2D eigenvalue weighted by Crippen LogP contribution is 2.38. The second kappa shape index (κ2) is 5.48. The molecule has 0 amide bonds. The first kappa shape index (κ1) is 13.0. The fraction of sp³-hybridized carbons (Fsp3) is 0.692. The lowest BCUT2D eigenvalue weighted by atomic mass is 9.73. The van der Waals surface area contributed by atoms with Gasteiger partial charge in [-0.15, -0.1) is 11.3 Å². The van der Waals surface area contributed by atoms with Crippen LogP contribution >= 0.6 is 11.3 Å². The molecule has 1 aromatic heterocycles. The number of thiophene rings is 1. The van der Waals surface area contributed by atoms with Crippen LogP contribution in [0.3, 0.4) is 0 Å². The lowest BCUT2D eigenvalue weighted by Crippen LogP contribution is -2.63. The molecule has 1 fully saturated rings. The molecule has 3 nitrogen and oxygen atoms in total. The van der Waals surface area contributed by atoms with Crippen LogP contribution in [0.15, 0.2) is 17.5 Å². The standard InChI is InChI=1S/C13H22N2OS/c1-15(6-5-12-4-3-7-17-12)13(10-14)8-11(9-13)16-2/h3-4,7,11H,5-6,8-10,14H2,1-2H3. The van der Waals surface area contributed by atoms with Crippen LogP contribution in [0, 0.1) is 0 Å². The average Bonchev–Trinajstić information content (AvgIpc) is 2.79. The van der Waals surface area contributed by atoms with Crippen molar-refractivity contribution in [2.24, 2.45) is 5.73 Å². The third-order valence-electron chi connectivity index (χ3n) is 4.01.